The monoisotopic (exact) mass is 394 g/mol. The highest BCUT2D eigenvalue weighted by Gasteiger charge is 2.27. The summed E-state index contributed by atoms with van der Waals surface area (Å²) >= 11 is 0. The summed E-state index contributed by atoms with van der Waals surface area (Å²) in [6.45, 7) is 10.2. The van der Waals surface area contributed by atoms with Gasteiger partial charge in [-0.3, -0.25) is 14.3 Å². The lowest BCUT2D eigenvalue weighted by molar-refractivity contribution is -0.122. The van der Waals surface area contributed by atoms with Crippen LogP contribution < -0.4 is 10.9 Å². The summed E-state index contributed by atoms with van der Waals surface area (Å²) in [4.78, 5) is 28.3. The summed E-state index contributed by atoms with van der Waals surface area (Å²) in [5.74, 6) is -0.0596. The third-order valence-electron chi connectivity index (χ3n) is 5.46. The van der Waals surface area contributed by atoms with Crippen LogP contribution in [0.2, 0.25) is 0 Å². The van der Waals surface area contributed by atoms with E-state index in [0.29, 0.717) is 12.0 Å². The Morgan fingerprint density at radius 3 is 2.48 bits per heavy atom. The van der Waals surface area contributed by atoms with Gasteiger partial charge in [-0.1, -0.05) is 51.1 Å². The first-order valence-corrected chi connectivity index (χ1v) is 9.99. The molecule has 6 heteroatoms. The molecule has 1 aromatic carbocycles. The fraction of sp³-hybridized carbons (Fsp3) is 0.435. The highest BCUT2D eigenvalue weighted by molar-refractivity contribution is 5.83. The van der Waals surface area contributed by atoms with Crippen molar-refractivity contribution in [2.75, 3.05) is 0 Å². The number of hydrogen-bond acceptors (Lipinski definition) is 3. The van der Waals surface area contributed by atoms with E-state index >= 15 is 0 Å². The number of carbonyl (C=O) groups excluding carboxylic acids is 1. The van der Waals surface area contributed by atoms with Crippen LogP contribution in [0.4, 0.5) is 0 Å². The van der Waals surface area contributed by atoms with Gasteiger partial charge in [0, 0.05) is 24.4 Å². The van der Waals surface area contributed by atoms with Crippen LogP contribution in [0.25, 0.3) is 11.0 Å². The molecule has 2 aromatic heterocycles. The Balaban J connectivity index is 1.80. The molecule has 154 valence electrons. The molecule has 0 bridgehead atoms. The lowest BCUT2D eigenvalue weighted by Gasteiger charge is -2.32. The Bertz CT molecular complexity index is 1090. The van der Waals surface area contributed by atoms with E-state index in [9.17, 15) is 9.59 Å². The molecule has 0 aliphatic carbocycles. The first kappa shape index (κ1) is 20.8. The van der Waals surface area contributed by atoms with Crippen LogP contribution in [0.5, 0.6) is 0 Å². The van der Waals surface area contributed by atoms with Crippen LogP contribution in [0.1, 0.15) is 55.6 Å². The summed E-state index contributed by atoms with van der Waals surface area (Å²) in [6.07, 6.45) is 0.650. The zero-order valence-corrected chi connectivity index (χ0v) is 18.1. The molecule has 0 aliphatic heterocycles. The van der Waals surface area contributed by atoms with Gasteiger partial charge >= 0.3 is 0 Å². The summed E-state index contributed by atoms with van der Waals surface area (Å²) < 4.78 is 1.68. The number of hydrogen-bond donors (Lipinski definition) is 2. The van der Waals surface area contributed by atoms with E-state index in [1.165, 1.54) is 0 Å². The third-order valence-corrected chi connectivity index (χ3v) is 5.46. The number of rotatable bonds is 5. The fourth-order valence-corrected chi connectivity index (χ4v) is 3.97. The van der Waals surface area contributed by atoms with Crippen molar-refractivity contribution in [1.82, 2.24) is 20.1 Å². The van der Waals surface area contributed by atoms with Gasteiger partial charge in [0.25, 0.3) is 5.56 Å². The van der Waals surface area contributed by atoms with Crippen LogP contribution in [-0.2, 0) is 18.3 Å². The van der Waals surface area contributed by atoms with Crippen LogP contribution in [0, 0.1) is 19.3 Å². The molecule has 3 rings (SSSR count). The molecular weight excluding hydrogens is 364 g/mol. The summed E-state index contributed by atoms with van der Waals surface area (Å²) in [6, 6.07) is 9.90. The zero-order chi connectivity index (χ0) is 21.3. The van der Waals surface area contributed by atoms with E-state index in [1.54, 1.807) is 4.68 Å². The smallest absolute Gasteiger partial charge is 0.253 e. The maximum atomic E-state index is 12.8. The molecule has 1 amide bonds. The minimum Gasteiger partial charge on any atom is -0.349 e. The van der Waals surface area contributed by atoms with Gasteiger partial charge in [-0.2, -0.15) is 5.10 Å². The summed E-state index contributed by atoms with van der Waals surface area (Å²) in [5.41, 5.74) is 3.94. The number of nitrogens with zero attached hydrogens (tertiary/aromatic N) is 2. The Morgan fingerprint density at radius 2 is 1.86 bits per heavy atom. The lowest BCUT2D eigenvalue weighted by atomic mass is 9.82. The van der Waals surface area contributed by atoms with E-state index in [1.807, 2.05) is 51.2 Å². The van der Waals surface area contributed by atoms with Crippen molar-refractivity contribution < 1.29 is 4.79 Å². The molecule has 0 spiro atoms. The van der Waals surface area contributed by atoms with Gasteiger partial charge in [0.05, 0.1) is 11.7 Å². The highest BCUT2D eigenvalue weighted by Crippen LogP contribution is 2.32. The average Bonchev–Trinajstić information content (AvgIpc) is 2.93. The standard InChI is InChI=1S/C23H30N4O2/c1-14-17(22(29)25-21-19(14)15(2)26-27(21)6)12-13-18(28)24-20(23(3,4)5)16-10-8-7-9-11-16/h7-11,20H,12-13H2,1-6H3,(H,24,28)(H,25,29). The molecule has 2 heterocycles. The van der Waals surface area contributed by atoms with E-state index in [-0.39, 0.29) is 29.3 Å². The van der Waals surface area contributed by atoms with Gasteiger partial charge in [0.1, 0.15) is 5.65 Å². The molecule has 29 heavy (non-hydrogen) atoms. The van der Waals surface area contributed by atoms with Crippen molar-refractivity contribution in [2.45, 2.75) is 53.5 Å². The maximum absolute atomic E-state index is 12.8. The number of amides is 1. The minimum absolute atomic E-state index is 0.0596. The molecule has 0 aliphatic rings. The van der Waals surface area contributed by atoms with Gasteiger partial charge < -0.3 is 10.3 Å². The number of H-pyrrole nitrogens is 1. The van der Waals surface area contributed by atoms with E-state index in [4.69, 9.17) is 0 Å². The largest absolute Gasteiger partial charge is 0.349 e. The van der Waals surface area contributed by atoms with Crippen molar-refractivity contribution in [3.8, 4) is 0 Å². The summed E-state index contributed by atoms with van der Waals surface area (Å²) in [5, 5.41) is 8.52. The summed E-state index contributed by atoms with van der Waals surface area (Å²) in [7, 11) is 1.81. The van der Waals surface area contributed by atoms with Gasteiger partial charge in [-0.15, -0.1) is 0 Å². The first-order chi connectivity index (χ1) is 13.6. The molecule has 0 fully saturated rings. The number of aryl methyl sites for hydroxylation is 3. The Kier molecular flexibility index (Phi) is 5.64. The predicted octanol–water partition coefficient (Wildman–Crippen LogP) is 3.71. The van der Waals surface area contributed by atoms with Crippen molar-refractivity contribution in [3.05, 3.63) is 63.1 Å². The number of aromatic nitrogens is 3. The average molecular weight is 395 g/mol. The van der Waals surface area contributed by atoms with E-state index in [2.05, 4.69) is 36.2 Å². The molecule has 0 radical (unpaired) electrons. The molecular formula is C23H30N4O2. The fourth-order valence-electron chi connectivity index (χ4n) is 3.97. The molecule has 6 nitrogen and oxygen atoms in total. The van der Waals surface area contributed by atoms with Crippen molar-refractivity contribution in [1.29, 1.82) is 0 Å². The first-order valence-electron chi connectivity index (χ1n) is 9.99. The molecule has 3 aromatic rings. The van der Waals surface area contributed by atoms with Crippen LogP contribution >= 0.6 is 0 Å². The zero-order valence-electron chi connectivity index (χ0n) is 18.1. The predicted molar refractivity (Wildman–Crippen MR) is 116 cm³/mol. The van der Waals surface area contributed by atoms with Gasteiger partial charge in [-0.05, 0) is 36.8 Å². The number of aromatic amines is 1. The van der Waals surface area contributed by atoms with Crippen LogP contribution in [0.3, 0.4) is 0 Å². The second kappa shape index (κ2) is 7.85. The molecule has 0 saturated carbocycles. The van der Waals surface area contributed by atoms with E-state index in [0.717, 1.165) is 27.9 Å². The Hall–Kier alpha value is -2.89. The normalized spacial score (nSPS) is 12.9. The Morgan fingerprint density at radius 1 is 1.21 bits per heavy atom. The van der Waals surface area contributed by atoms with E-state index < -0.39 is 0 Å². The second-order valence-corrected chi connectivity index (χ2v) is 8.77. The second-order valence-electron chi connectivity index (χ2n) is 8.77. The van der Waals surface area contributed by atoms with Crippen molar-refractivity contribution in [2.24, 2.45) is 12.5 Å². The molecule has 1 atom stereocenters. The molecule has 2 N–H and O–H groups in total. The third kappa shape index (κ3) is 4.26. The topological polar surface area (TPSA) is 79.8 Å². The van der Waals surface area contributed by atoms with Gasteiger partial charge in [-0.25, -0.2) is 0 Å². The van der Waals surface area contributed by atoms with Crippen LogP contribution in [-0.4, -0.2) is 20.7 Å². The minimum atomic E-state index is -0.152. The number of carbonyl (C=O) groups is 1. The quantitative estimate of drug-likeness (QED) is 0.692. The lowest BCUT2D eigenvalue weighted by Crippen LogP contribution is -2.37. The van der Waals surface area contributed by atoms with Crippen molar-refractivity contribution >= 4 is 16.9 Å². The highest BCUT2D eigenvalue weighted by atomic mass is 16.1. The maximum Gasteiger partial charge on any atom is 0.253 e. The number of nitrogens with one attached hydrogen (secondary N) is 2. The molecule has 0 saturated heterocycles. The molecule has 1 unspecified atom stereocenters. The Labute approximate surface area is 171 Å². The number of benzene rings is 1. The number of fused-ring (bicyclic) bond motifs is 1. The number of pyridine rings is 1. The van der Waals surface area contributed by atoms with Crippen molar-refractivity contribution in [3.63, 3.8) is 0 Å². The van der Waals surface area contributed by atoms with Gasteiger partial charge in [0.2, 0.25) is 5.91 Å². The SMILES string of the molecule is Cc1nn(C)c2[nH]c(=O)c(CCC(=O)NC(c3ccccc3)C(C)(C)C)c(C)c12. The van der Waals surface area contributed by atoms with Gasteiger partial charge in [0.15, 0.2) is 0 Å². The van der Waals surface area contributed by atoms with Crippen LogP contribution in [0.15, 0.2) is 35.1 Å².